The second-order valence-corrected chi connectivity index (χ2v) is 9.31. The molecule has 3 saturated carbocycles. The SMILES string of the molecule is C=C1CCC2[C@H](CO)C([C@@]3(C)CC[C@H](O)C[C@@H]3/C=C/CO)CC[C@]12C. The van der Waals surface area contributed by atoms with Crippen LogP contribution in [0.2, 0.25) is 0 Å². The minimum Gasteiger partial charge on any atom is -0.396 e. The van der Waals surface area contributed by atoms with Crippen LogP contribution < -0.4 is 0 Å². The Bertz CT molecular complexity index is 527. The van der Waals surface area contributed by atoms with E-state index in [4.69, 9.17) is 0 Å². The molecule has 3 rings (SSSR count). The van der Waals surface area contributed by atoms with Gasteiger partial charge in [0.2, 0.25) is 0 Å². The summed E-state index contributed by atoms with van der Waals surface area (Å²) in [5.74, 6) is 1.61. The smallest absolute Gasteiger partial charge is 0.0612 e. The first-order chi connectivity index (χ1) is 11.9. The van der Waals surface area contributed by atoms with E-state index in [1.54, 1.807) is 0 Å². The molecule has 0 amide bonds. The van der Waals surface area contributed by atoms with E-state index < -0.39 is 0 Å². The lowest BCUT2D eigenvalue weighted by Crippen LogP contribution is -2.50. The summed E-state index contributed by atoms with van der Waals surface area (Å²) < 4.78 is 0. The van der Waals surface area contributed by atoms with Crippen LogP contribution in [0.3, 0.4) is 0 Å². The lowest BCUT2D eigenvalue weighted by atomic mass is 9.49. The van der Waals surface area contributed by atoms with Gasteiger partial charge in [-0.25, -0.2) is 0 Å². The summed E-state index contributed by atoms with van der Waals surface area (Å²) in [5, 5.41) is 29.8. The molecule has 3 aliphatic rings. The molecule has 0 aromatic carbocycles. The Morgan fingerprint density at radius 3 is 2.56 bits per heavy atom. The Labute approximate surface area is 152 Å². The van der Waals surface area contributed by atoms with Gasteiger partial charge in [0.05, 0.1) is 12.7 Å². The van der Waals surface area contributed by atoms with Crippen LogP contribution in [-0.2, 0) is 0 Å². The molecule has 3 fully saturated rings. The number of rotatable bonds is 4. The second kappa shape index (κ2) is 7.17. The maximum absolute atomic E-state index is 10.3. The molecule has 3 N–H and O–H groups in total. The van der Waals surface area contributed by atoms with Gasteiger partial charge in [0.1, 0.15) is 0 Å². The molecule has 0 saturated heterocycles. The van der Waals surface area contributed by atoms with Crippen molar-refractivity contribution < 1.29 is 15.3 Å². The highest BCUT2D eigenvalue weighted by atomic mass is 16.3. The first kappa shape index (κ1) is 19.1. The zero-order valence-electron chi connectivity index (χ0n) is 16.0. The van der Waals surface area contributed by atoms with E-state index in [9.17, 15) is 15.3 Å². The molecular formula is C22H36O3. The van der Waals surface area contributed by atoms with E-state index >= 15 is 0 Å². The van der Waals surface area contributed by atoms with Crippen LogP contribution in [0.25, 0.3) is 0 Å². The zero-order valence-corrected chi connectivity index (χ0v) is 16.0. The van der Waals surface area contributed by atoms with Gasteiger partial charge in [-0.15, -0.1) is 0 Å². The highest BCUT2D eigenvalue weighted by Gasteiger charge is 2.56. The van der Waals surface area contributed by atoms with Crippen molar-refractivity contribution in [2.24, 2.45) is 34.5 Å². The fourth-order valence-electron chi connectivity index (χ4n) is 6.59. The Balaban J connectivity index is 1.90. The summed E-state index contributed by atoms with van der Waals surface area (Å²) >= 11 is 0. The van der Waals surface area contributed by atoms with E-state index in [0.717, 1.165) is 38.5 Å². The fraction of sp³-hybridized carbons (Fsp3) is 0.818. The van der Waals surface area contributed by atoms with Crippen LogP contribution in [0.4, 0.5) is 0 Å². The molecule has 7 atom stereocenters. The maximum Gasteiger partial charge on any atom is 0.0612 e. The van der Waals surface area contributed by atoms with Crippen LogP contribution in [0.15, 0.2) is 24.3 Å². The third-order valence-corrected chi connectivity index (χ3v) is 8.31. The lowest BCUT2D eigenvalue weighted by molar-refractivity contribution is -0.0825. The predicted octanol–water partition coefficient (Wildman–Crippen LogP) is 3.69. The molecule has 0 aromatic rings. The van der Waals surface area contributed by atoms with Crippen molar-refractivity contribution in [1.82, 2.24) is 0 Å². The van der Waals surface area contributed by atoms with Gasteiger partial charge in [-0.2, -0.15) is 0 Å². The summed E-state index contributed by atoms with van der Waals surface area (Å²) in [7, 11) is 0. The third kappa shape index (κ3) is 3.13. The minimum atomic E-state index is -0.242. The molecule has 0 radical (unpaired) electrons. The van der Waals surface area contributed by atoms with Crippen LogP contribution in [-0.4, -0.2) is 34.6 Å². The topological polar surface area (TPSA) is 60.7 Å². The number of hydrogen-bond acceptors (Lipinski definition) is 3. The quantitative estimate of drug-likeness (QED) is 0.679. The Morgan fingerprint density at radius 1 is 1.12 bits per heavy atom. The molecule has 3 heteroatoms. The molecular weight excluding hydrogens is 312 g/mol. The number of fused-ring (bicyclic) bond motifs is 1. The standard InChI is InChI=1S/C22H36O3/c1-15-6-7-19-18(14-24)20(9-11-21(15,19)2)22(3)10-8-17(25)13-16(22)5-4-12-23/h4-5,16-20,23-25H,1,6-14H2,2-3H3/b5-4+/t16-,17-,18-,19?,20?,21+,22-/m0/s1. The Hall–Kier alpha value is -0.640. The van der Waals surface area contributed by atoms with Crippen LogP contribution in [0.1, 0.15) is 58.8 Å². The van der Waals surface area contributed by atoms with Gasteiger partial charge in [0.25, 0.3) is 0 Å². The van der Waals surface area contributed by atoms with Crippen molar-refractivity contribution >= 4 is 0 Å². The average molecular weight is 349 g/mol. The Kier molecular flexibility index (Phi) is 5.49. The normalized spacial score (nSPS) is 48.0. The number of aliphatic hydroxyl groups excluding tert-OH is 3. The number of hydrogen-bond donors (Lipinski definition) is 3. The highest BCUT2D eigenvalue weighted by Crippen LogP contribution is 2.63. The molecule has 3 nitrogen and oxygen atoms in total. The summed E-state index contributed by atoms with van der Waals surface area (Å²) in [6.45, 7) is 9.38. The molecule has 0 heterocycles. The Morgan fingerprint density at radius 2 is 1.88 bits per heavy atom. The monoisotopic (exact) mass is 348 g/mol. The molecule has 25 heavy (non-hydrogen) atoms. The molecule has 3 aliphatic carbocycles. The van der Waals surface area contributed by atoms with Gasteiger partial charge < -0.3 is 15.3 Å². The van der Waals surface area contributed by atoms with Crippen LogP contribution in [0.5, 0.6) is 0 Å². The molecule has 0 spiro atoms. The first-order valence-electron chi connectivity index (χ1n) is 10.1. The molecule has 0 aliphatic heterocycles. The summed E-state index contributed by atoms with van der Waals surface area (Å²) in [5.41, 5.74) is 1.67. The molecule has 142 valence electrons. The van der Waals surface area contributed by atoms with Gasteiger partial charge in [-0.3, -0.25) is 0 Å². The van der Waals surface area contributed by atoms with Gasteiger partial charge in [0.15, 0.2) is 0 Å². The van der Waals surface area contributed by atoms with Crippen molar-refractivity contribution in [3.05, 3.63) is 24.3 Å². The minimum absolute atomic E-state index is 0.0529. The van der Waals surface area contributed by atoms with Crippen molar-refractivity contribution in [1.29, 1.82) is 0 Å². The summed E-state index contributed by atoms with van der Waals surface area (Å²) in [4.78, 5) is 0. The average Bonchev–Trinajstić information content (AvgIpc) is 2.90. The summed E-state index contributed by atoms with van der Waals surface area (Å²) in [6.07, 6.45) is 10.9. The fourth-order valence-corrected chi connectivity index (χ4v) is 6.59. The number of allylic oxidation sites excluding steroid dienone is 2. The van der Waals surface area contributed by atoms with Crippen molar-refractivity contribution in [3.63, 3.8) is 0 Å². The van der Waals surface area contributed by atoms with E-state index in [-0.39, 0.29) is 36.1 Å². The van der Waals surface area contributed by atoms with Crippen LogP contribution >= 0.6 is 0 Å². The molecule has 0 aromatic heterocycles. The van der Waals surface area contributed by atoms with Crippen LogP contribution in [0, 0.1) is 34.5 Å². The molecule has 0 bridgehead atoms. The lowest BCUT2D eigenvalue weighted by Gasteiger charge is -2.56. The zero-order chi connectivity index (χ0) is 18.2. The summed E-state index contributed by atoms with van der Waals surface area (Å²) in [6, 6.07) is 0. The van der Waals surface area contributed by atoms with Crippen molar-refractivity contribution in [3.8, 4) is 0 Å². The first-order valence-corrected chi connectivity index (χ1v) is 10.1. The van der Waals surface area contributed by atoms with E-state index in [2.05, 4.69) is 26.5 Å². The van der Waals surface area contributed by atoms with E-state index in [1.807, 2.05) is 6.08 Å². The van der Waals surface area contributed by atoms with Gasteiger partial charge in [-0.1, -0.05) is 38.2 Å². The maximum atomic E-state index is 10.3. The third-order valence-electron chi connectivity index (χ3n) is 8.31. The van der Waals surface area contributed by atoms with E-state index in [1.165, 1.54) is 12.0 Å². The van der Waals surface area contributed by atoms with Gasteiger partial charge in [0, 0.05) is 6.61 Å². The van der Waals surface area contributed by atoms with Crippen molar-refractivity contribution in [2.45, 2.75) is 64.9 Å². The predicted molar refractivity (Wildman–Crippen MR) is 101 cm³/mol. The highest BCUT2D eigenvalue weighted by molar-refractivity contribution is 5.21. The largest absolute Gasteiger partial charge is 0.396 e. The number of aliphatic hydroxyl groups is 3. The second-order valence-electron chi connectivity index (χ2n) is 9.31. The van der Waals surface area contributed by atoms with E-state index in [0.29, 0.717) is 17.8 Å². The van der Waals surface area contributed by atoms with Crippen molar-refractivity contribution in [2.75, 3.05) is 13.2 Å². The van der Waals surface area contributed by atoms with Gasteiger partial charge >= 0.3 is 0 Å². The van der Waals surface area contributed by atoms with Gasteiger partial charge in [-0.05, 0) is 79.4 Å². The molecule has 2 unspecified atom stereocenters.